The van der Waals surface area contributed by atoms with Crippen molar-refractivity contribution < 1.29 is 9.59 Å². The van der Waals surface area contributed by atoms with Crippen LogP contribution in [-0.4, -0.2) is 11.7 Å². The average Bonchev–Trinajstić information content (AvgIpc) is 4.04. The van der Waals surface area contributed by atoms with E-state index in [0.717, 1.165) is 66.7 Å². The molecule has 0 fully saturated rings. The number of carbonyl (C=O) groups excluding carboxylic acids is 2. The minimum Gasteiger partial charge on any atom is -0.320 e. The predicted molar refractivity (Wildman–Crippen MR) is 248 cm³/mol. The van der Waals surface area contributed by atoms with Gasteiger partial charge >= 0.3 is 0 Å². The number of hydrogen-bond acceptors (Lipinski definition) is 8. The first kappa shape index (κ1) is 39.6. The summed E-state index contributed by atoms with van der Waals surface area (Å²) in [5.74, 6) is -0.0951. The van der Waals surface area contributed by atoms with Crippen LogP contribution in [0.3, 0.4) is 0 Å². The maximum Gasteiger partial charge on any atom is 0.256 e. The number of hydrogen-bond donors (Lipinski definition) is 1. The second kappa shape index (κ2) is 17.8. The molecular formula is C47H49NO2S6. The van der Waals surface area contributed by atoms with Crippen LogP contribution in [0.1, 0.15) is 117 Å². The fourth-order valence-corrected chi connectivity index (χ4v) is 14.8. The smallest absolute Gasteiger partial charge is 0.256 e. The van der Waals surface area contributed by atoms with Crippen LogP contribution in [0.25, 0.3) is 50.3 Å². The highest BCUT2D eigenvalue weighted by Crippen LogP contribution is 2.50. The second-order valence-electron chi connectivity index (χ2n) is 14.9. The lowest BCUT2D eigenvalue weighted by Crippen LogP contribution is -2.16. The molecule has 1 aliphatic carbocycles. The Balaban J connectivity index is 1.14. The van der Waals surface area contributed by atoms with E-state index in [-0.39, 0.29) is 18.1 Å². The zero-order valence-corrected chi connectivity index (χ0v) is 37.6. The lowest BCUT2D eigenvalue weighted by molar-refractivity contribution is -0.116. The minimum atomic E-state index is -0.141. The van der Waals surface area contributed by atoms with E-state index in [4.69, 9.17) is 0 Å². The zero-order chi connectivity index (χ0) is 38.8. The number of Topliss-reactive ketones (excluding diaryl/α,β-unsaturated/α-hetero) is 1. The van der Waals surface area contributed by atoms with Gasteiger partial charge in [-0.15, -0.1) is 68.0 Å². The Labute approximate surface area is 355 Å². The fraction of sp³-hybridized carbons (Fsp3) is 0.362. The molecule has 8 rings (SSSR count). The summed E-state index contributed by atoms with van der Waals surface area (Å²) in [6, 6.07) is 18.3. The van der Waals surface area contributed by atoms with Gasteiger partial charge in [-0.25, -0.2) is 0 Å². The number of amides is 1. The van der Waals surface area contributed by atoms with E-state index in [1.54, 1.807) is 22.7 Å². The number of thiophene rings is 6. The molecule has 290 valence electrons. The molecule has 2 aliphatic rings. The maximum absolute atomic E-state index is 14.0. The third kappa shape index (κ3) is 7.84. The van der Waals surface area contributed by atoms with E-state index in [0.29, 0.717) is 16.8 Å². The van der Waals surface area contributed by atoms with E-state index >= 15 is 0 Å². The zero-order valence-electron chi connectivity index (χ0n) is 32.7. The van der Waals surface area contributed by atoms with Crippen LogP contribution in [0.5, 0.6) is 0 Å². The number of ketones is 1. The summed E-state index contributed by atoms with van der Waals surface area (Å²) in [4.78, 5) is 40.6. The monoisotopic (exact) mass is 851 g/mol. The Bertz CT molecular complexity index is 2260. The molecule has 0 bridgehead atoms. The van der Waals surface area contributed by atoms with Crippen molar-refractivity contribution in [2.45, 2.75) is 111 Å². The van der Waals surface area contributed by atoms with Gasteiger partial charge in [-0.1, -0.05) is 53.4 Å². The van der Waals surface area contributed by atoms with Crippen molar-refractivity contribution in [1.82, 2.24) is 5.32 Å². The van der Waals surface area contributed by atoms with Crippen LogP contribution in [0.15, 0.2) is 70.4 Å². The Morgan fingerprint density at radius 2 is 0.946 bits per heavy atom. The molecule has 6 aromatic rings. The van der Waals surface area contributed by atoms with Crippen molar-refractivity contribution in [2.24, 2.45) is 0 Å². The number of rotatable bonds is 18. The molecule has 0 saturated heterocycles. The molecule has 6 aromatic heterocycles. The topological polar surface area (TPSA) is 46.2 Å². The normalized spacial score (nSPS) is 14.2. The van der Waals surface area contributed by atoms with Crippen LogP contribution in [0.4, 0.5) is 0 Å². The summed E-state index contributed by atoms with van der Waals surface area (Å²) < 4.78 is 0. The fourth-order valence-electron chi connectivity index (χ4n) is 7.82. The van der Waals surface area contributed by atoms with Gasteiger partial charge in [0.2, 0.25) is 0 Å². The Morgan fingerprint density at radius 3 is 1.45 bits per heavy atom. The molecule has 0 saturated carbocycles. The number of unbranched alkanes of at least 4 members (excludes halogenated alkanes) is 4. The highest BCUT2D eigenvalue weighted by Gasteiger charge is 2.42. The van der Waals surface area contributed by atoms with E-state index in [9.17, 15) is 9.59 Å². The van der Waals surface area contributed by atoms with Crippen LogP contribution in [0.2, 0.25) is 0 Å². The van der Waals surface area contributed by atoms with Gasteiger partial charge in [-0.3, -0.25) is 9.59 Å². The minimum absolute atomic E-state index is 0.0462. The molecule has 56 heavy (non-hydrogen) atoms. The van der Waals surface area contributed by atoms with Crippen molar-refractivity contribution in [3.05, 3.63) is 102 Å². The number of carbonyl (C=O) groups is 2. The van der Waals surface area contributed by atoms with Gasteiger partial charge in [0.25, 0.3) is 5.91 Å². The molecule has 1 aliphatic heterocycles. The van der Waals surface area contributed by atoms with Gasteiger partial charge in [0.15, 0.2) is 5.78 Å². The van der Waals surface area contributed by atoms with E-state index in [1.807, 2.05) is 45.3 Å². The van der Waals surface area contributed by atoms with Crippen molar-refractivity contribution >= 4 is 91.0 Å². The molecular weight excluding hydrogens is 803 g/mol. The van der Waals surface area contributed by atoms with Crippen LogP contribution in [0, 0.1) is 0 Å². The molecule has 1 N–H and O–H groups in total. The number of nitrogens with one attached hydrogen (secondary N) is 1. The molecule has 3 nitrogen and oxygen atoms in total. The van der Waals surface area contributed by atoms with E-state index in [1.165, 1.54) is 87.0 Å². The molecule has 0 radical (unpaired) electrons. The Morgan fingerprint density at radius 1 is 0.500 bits per heavy atom. The highest BCUT2D eigenvalue weighted by molar-refractivity contribution is 7.27. The van der Waals surface area contributed by atoms with Crippen LogP contribution >= 0.6 is 68.0 Å². The maximum atomic E-state index is 14.0. The molecule has 0 atom stereocenters. The molecule has 1 amide bonds. The third-order valence-electron chi connectivity index (χ3n) is 10.8. The molecule has 7 heterocycles. The van der Waals surface area contributed by atoms with Gasteiger partial charge in [-0.05, 0) is 138 Å². The third-order valence-corrected chi connectivity index (χ3v) is 18.1. The quantitative estimate of drug-likeness (QED) is 0.0936. The SMILES string of the molecule is CCCCc1ccsc1-c1ccc(-c2sc(C3=C4C(=O)NC(c5cc(CCCC)c(-c6ccc(-c7sccc7CCCC)s6)s5)=C4C(=O)C3)cc2CCCC)s1. The highest BCUT2D eigenvalue weighted by atomic mass is 32.1. The molecule has 0 aromatic carbocycles. The summed E-state index contributed by atoms with van der Waals surface area (Å²) in [6.45, 7) is 8.98. The largest absolute Gasteiger partial charge is 0.320 e. The Kier molecular flexibility index (Phi) is 12.6. The summed E-state index contributed by atoms with van der Waals surface area (Å²) in [5.41, 5.74) is 8.31. The van der Waals surface area contributed by atoms with Gasteiger partial charge in [0, 0.05) is 50.3 Å². The average molecular weight is 852 g/mol. The van der Waals surface area contributed by atoms with Gasteiger partial charge in [0.05, 0.1) is 21.7 Å². The van der Waals surface area contributed by atoms with Crippen molar-refractivity contribution in [2.75, 3.05) is 0 Å². The first-order valence-corrected chi connectivity index (χ1v) is 25.4. The lowest BCUT2D eigenvalue weighted by atomic mass is 10.0. The first-order valence-electron chi connectivity index (χ1n) is 20.3. The van der Waals surface area contributed by atoms with Gasteiger partial charge < -0.3 is 5.32 Å². The van der Waals surface area contributed by atoms with Crippen molar-refractivity contribution in [1.29, 1.82) is 0 Å². The van der Waals surface area contributed by atoms with Gasteiger partial charge in [0.1, 0.15) is 0 Å². The van der Waals surface area contributed by atoms with Crippen molar-refractivity contribution in [3.63, 3.8) is 0 Å². The number of allylic oxidation sites excluding steroid dienone is 1. The number of aryl methyl sites for hydroxylation is 4. The first-order chi connectivity index (χ1) is 27.4. The van der Waals surface area contributed by atoms with Crippen LogP contribution in [-0.2, 0) is 35.3 Å². The van der Waals surface area contributed by atoms with Crippen LogP contribution < -0.4 is 5.32 Å². The summed E-state index contributed by atoms with van der Waals surface area (Å²) in [6.07, 6.45) is 13.7. The van der Waals surface area contributed by atoms with E-state index < -0.39 is 0 Å². The lowest BCUT2D eigenvalue weighted by Gasteiger charge is -2.02. The summed E-state index contributed by atoms with van der Waals surface area (Å²) in [7, 11) is 0. The number of fused-ring (bicyclic) bond motifs is 1. The Hall–Kier alpha value is -3.18. The molecule has 0 unspecified atom stereocenters. The second-order valence-corrected chi connectivity index (χ2v) is 21.0. The van der Waals surface area contributed by atoms with E-state index in [2.05, 4.69) is 92.3 Å². The summed E-state index contributed by atoms with van der Waals surface area (Å²) in [5, 5.41) is 7.67. The van der Waals surface area contributed by atoms with Crippen molar-refractivity contribution in [3.8, 4) is 39.0 Å². The predicted octanol–water partition coefficient (Wildman–Crippen LogP) is 15.4. The van der Waals surface area contributed by atoms with Gasteiger partial charge in [-0.2, -0.15) is 0 Å². The molecule has 9 heteroatoms. The molecule has 0 spiro atoms. The summed E-state index contributed by atoms with van der Waals surface area (Å²) >= 11 is 10.9. The standard InChI is InChI=1S/C47H49NO2S6/c1-5-9-13-28-21-23-51-43(28)34-17-19-36(53-34)45-30(15-11-7-3)25-38(55-45)32-27-33(49)41-40(32)47(50)48-42(41)39-26-31(16-12-8-4)46(56-39)37-20-18-35(54-37)44-29(14-10-6-2)22-24-52-44/h17-26H,5-16,27H2,1-4H3,(H,48,50).